The number of amides is 1. The maximum absolute atomic E-state index is 13.5. The van der Waals surface area contributed by atoms with Gasteiger partial charge in [0, 0.05) is 37.8 Å². The van der Waals surface area contributed by atoms with Crippen LogP contribution in [-0.2, 0) is 11.3 Å². The SMILES string of the molecule is CCNC(=O)c1noc(-c2cc(-c3ccc(F)cc3)c(O)cc2O)c1-c1ccc(CN2CCOCC2)cc1. The van der Waals surface area contributed by atoms with Crippen molar-refractivity contribution in [2.24, 2.45) is 0 Å². The van der Waals surface area contributed by atoms with E-state index in [1.165, 1.54) is 36.4 Å². The lowest BCUT2D eigenvalue weighted by Crippen LogP contribution is -2.35. The van der Waals surface area contributed by atoms with Gasteiger partial charge in [-0.15, -0.1) is 0 Å². The van der Waals surface area contributed by atoms with Gasteiger partial charge in [-0.2, -0.15) is 0 Å². The predicted molar refractivity (Wildman–Crippen MR) is 140 cm³/mol. The Balaban J connectivity index is 1.57. The average Bonchev–Trinajstić information content (AvgIpc) is 3.36. The molecule has 0 atom stereocenters. The van der Waals surface area contributed by atoms with E-state index in [1.54, 1.807) is 6.92 Å². The zero-order chi connectivity index (χ0) is 26.6. The van der Waals surface area contributed by atoms with E-state index >= 15 is 0 Å². The number of benzene rings is 3. The van der Waals surface area contributed by atoms with E-state index in [0.717, 1.165) is 25.2 Å². The second-order valence-corrected chi connectivity index (χ2v) is 9.07. The topological polar surface area (TPSA) is 108 Å². The summed E-state index contributed by atoms with van der Waals surface area (Å²) in [6.07, 6.45) is 0. The van der Waals surface area contributed by atoms with Crippen molar-refractivity contribution in [3.63, 3.8) is 0 Å². The number of hydrogen-bond donors (Lipinski definition) is 3. The smallest absolute Gasteiger partial charge is 0.274 e. The highest BCUT2D eigenvalue weighted by atomic mass is 19.1. The van der Waals surface area contributed by atoms with E-state index in [9.17, 15) is 19.4 Å². The van der Waals surface area contributed by atoms with Gasteiger partial charge >= 0.3 is 0 Å². The molecule has 1 saturated heterocycles. The molecule has 1 aliphatic rings. The second-order valence-electron chi connectivity index (χ2n) is 9.07. The Hall–Kier alpha value is -4.21. The molecule has 5 rings (SSSR count). The minimum absolute atomic E-state index is 0.0820. The zero-order valence-corrected chi connectivity index (χ0v) is 20.9. The molecule has 9 heteroatoms. The number of phenols is 2. The van der Waals surface area contributed by atoms with Gasteiger partial charge in [-0.25, -0.2) is 4.39 Å². The second kappa shape index (κ2) is 11.0. The van der Waals surface area contributed by atoms with Crippen LogP contribution in [-0.4, -0.2) is 59.0 Å². The van der Waals surface area contributed by atoms with Crippen LogP contribution in [0.3, 0.4) is 0 Å². The maximum Gasteiger partial charge on any atom is 0.274 e. The first-order chi connectivity index (χ1) is 18.4. The molecule has 0 spiro atoms. The van der Waals surface area contributed by atoms with Crippen molar-refractivity contribution < 1.29 is 28.7 Å². The summed E-state index contributed by atoms with van der Waals surface area (Å²) in [6, 6.07) is 16.1. The molecule has 38 heavy (non-hydrogen) atoms. The van der Waals surface area contributed by atoms with Crippen LogP contribution in [0.25, 0.3) is 33.6 Å². The van der Waals surface area contributed by atoms with Gasteiger partial charge < -0.3 is 24.8 Å². The van der Waals surface area contributed by atoms with Gasteiger partial charge in [0.2, 0.25) is 0 Å². The number of carbonyl (C=O) groups excluding carboxylic acids is 1. The number of rotatable bonds is 7. The molecule has 1 amide bonds. The highest BCUT2D eigenvalue weighted by molar-refractivity contribution is 6.03. The molecule has 0 radical (unpaired) electrons. The lowest BCUT2D eigenvalue weighted by Gasteiger charge is -2.26. The van der Waals surface area contributed by atoms with Crippen molar-refractivity contribution in [3.8, 4) is 45.1 Å². The highest BCUT2D eigenvalue weighted by Gasteiger charge is 2.27. The third-order valence-electron chi connectivity index (χ3n) is 6.51. The van der Waals surface area contributed by atoms with Gasteiger partial charge in [-0.05, 0) is 41.8 Å². The van der Waals surface area contributed by atoms with Gasteiger partial charge in [-0.3, -0.25) is 9.69 Å². The van der Waals surface area contributed by atoms with Crippen molar-refractivity contribution in [2.45, 2.75) is 13.5 Å². The number of nitrogens with one attached hydrogen (secondary N) is 1. The molecule has 0 bridgehead atoms. The molecule has 0 unspecified atom stereocenters. The molecule has 0 saturated carbocycles. The summed E-state index contributed by atoms with van der Waals surface area (Å²) in [6.45, 7) is 6.16. The van der Waals surface area contributed by atoms with Gasteiger partial charge in [0.15, 0.2) is 11.5 Å². The van der Waals surface area contributed by atoms with Gasteiger partial charge in [0.25, 0.3) is 5.91 Å². The molecule has 3 N–H and O–H groups in total. The van der Waals surface area contributed by atoms with Crippen molar-refractivity contribution in [2.75, 3.05) is 32.8 Å². The van der Waals surface area contributed by atoms with E-state index in [4.69, 9.17) is 9.26 Å². The average molecular weight is 518 g/mol. The fourth-order valence-corrected chi connectivity index (χ4v) is 4.56. The highest BCUT2D eigenvalue weighted by Crippen LogP contribution is 2.44. The summed E-state index contributed by atoms with van der Waals surface area (Å²) < 4.78 is 24.6. The number of ether oxygens (including phenoxy) is 1. The first-order valence-corrected chi connectivity index (χ1v) is 12.4. The van der Waals surface area contributed by atoms with Crippen LogP contribution >= 0.6 is 0 Å². The largest absolute Gasteiger partial charge is 0.507 e. The van der Waals surface area contributed by atoms with Crippen LogP contribution < -0.4 is 5.32 Å². The Kier molecular flexibility index (Phi) is 7.39. The standard InChI is InChI=1S/C29H28FN3O5/c1-2-31-29(36)27-26(20-5-3-18(4-6-20)17-33-11-13-37-14-12-33)28(38-32-27)23-15-22(24(34)16-25(23)35)19-7-9-21(30)10-8-19/h3-10,15-16,34-35H,2,11-14,17H2,1H3,(H,31,36). The van der Waals surface area contributed by atoms with Gasteiger partial charge in [0.1, 0.15) is 17.3 Å². The molecular formula is C29H28FN3O5. The zero-order valence-electron chi connectivity index (χ0n) is 20.9. The quantitative estimate of drug-likeness (QED) is 0.323. The predicted octanol–water partition coefficient (Wildman–Crippen LogP) is 4.81. The van der Waals surface area contributed by atoms with E-state index in [2.05, 4.69) is 15.4 Å². The van der Waals surface area contributed by atoms with Crippen molar-refractivity contribution >= 4 is 5.91 Å². The molecular weight excluding hydrogens is 489 g/mol. The molecule has 196 valence electrons. The monoisotopic (exact) mass is 517 g/mol. The van der Waals surface area contributed by atoms with Crippen LogP contribution in [0.2, 0.25) is 0 Å². The van der Waals surface area contributed by atoms with Crippen molar-refractivity contribution in [1.29, 1.82) is 0 Å². The summed E-state index contributed by atoms with van der Waals surface area (Å²) >= 11 is 0. The minimum atomic E-state index is -0.410. The number of aromatic nitrogens is 1. The molecule has 3 aromatic carbocycles. The number of phenolic OH excluding ortho intramolecular Hbond substituents is 2. The van der Waals surface area contributed by atoms with Crippen LogP contribution in [0.4, 0.5) is 4.39 Å². The van der Waals surface area contributed by atoms with Crippen LogP contribution in [0.1, 0.15) is 23.0 Å². The fourth-order valence-electron chi connectivity index (χ4n) is 4.56. The van der Waals surface area contributed by atoms with Crippen LogP contribution in [0, 0.1) is 5.82 Å². The molecule has 1 aliphatic heterocycles. The van der Waals surface area contributed by atoms with Crippen molar-refractivity contribution in [1.82, 2.24) is 15.4 Å². The number of halogens is 1. The van der Waals surface area contributed by atoms with Crippen LogP contribution in [0.15, 0.2) is 65.2 Å². The minimum Gasteiger partial charge on any atom is -0.507 e. The summed E-state index contributed by atoms with van der Waals surface area (Å²) in [5.74, 6) is -1.08. The van der Waals surface area contributed by atoms with E-state index < -0.39 is 11.7 Å². The normalized spacial score (nSPS) is 13.9. The van der Waals surface area contributed by atoms with Gasteiger partial charge in [0.05, 0.1) is 24.3 Å². The summed E-state index contributed by atoms with van der Waals surface area (Å²) in [4.78, 5) is 15.2. The number of morpholine rings is 1. The van der Waals surface area contributed by atoms with Crippen LogP contribution in [0.5, 0.6) is 11.5 Å². The Morgan fingerprint density at radius 3 is 2.32 bits per heavy atom. The number of carbonyl (C=O) groups is 1. The third kappa shape index (κ3) is 5.25. The molecule has 8 nitrogen and oxygen atoms in total. The first kappa shape index (κ1) is 25.4. The Morgan fingerprint density at radius 2 is 1.63 bits per heavy atom. The molecule has 1 fully saturated rings. The summed E-state index contributed by atoms with van der Waals surface area (Å²) in [7, 11) is 0. The van der Waals surface area contributed by atoms with E-state index in [0.29, 0.717) is 42.0 Å². The molecule has 1 aromatic heterocycles. The Morgan fingerprint density at radius 1 is 0.974 bits per heavy atom. The number of aromatic hydroxyl groups is 2. The van der Waals surface area contributed by atoms with E-state index in [-0.39, 0.29) is 28.5 Å². The Labute approximate surface area is 219 Å². The maximum atomic E-state index is 13.5. The summed E-state index contributed by atoms with van der Waals surface area (Å²) in [5.41, 5.74) is 3.43. The number of nitrogens with zero attached hydrogens (tertiary/aromatic N) is 2. The van der Waals surface area contributed by atoms with Gasteiger partial charge in [-0.1, -0.05) is 41.6 Å². The molecule has 2 heterocycles. The number of hydrogen-bond acceptors (Lipinski definition) is 7. The molecule has 0 aliphatic carbocycles. The lowest BCUT2D eigenvalue weighted by atomic mass is 9.94. The van der Waals surface area contributed by atoms with Crippen molar-refractivity contribution in [3.05, 3.63) is 77.7 Å². The summed E-state index contributed by atoms with van der Waals surface area (Å²) in [5, 5.41) is 28.1. The first-order valence-electron chi connectivity index (χ1n) is 12.4. The fraction of sp³-hybridized carbons (Fsp3) is 0.241. The Bertz CT molecular complexity index is 1430. The third-order valence-corrected chi connectivity index (χ3v) is 6.51. The lowest BCUT2D eigenvalue weighted by molar-refractivity contribution is 0.0342. The van der Waals surface area contributed by atoms with E-state index in [1.807, 2.05) is 24.3 Å². The molecule has 4 aromatic rings.